The second kappa shape index (κ2) is 7.68. The molecule has 0 unspecified atom stereocenters. The first-order valence-corrected chi connectivity index (χ1v) is 9.07. The zero-order chi connectivity index (χ0) is 18.7. The predicted molar refractivity (Wildman–Crippen MR) is 90.0 cm³/mol. The van der Waals surface area contributed by atoms with Crippen molar-refractivity contribution in [3.8, 4) is 0 Å². The summed E-state index contributed by atoms with van der Waals surface area (Å²) in [6.45, 7) is 0.351. The Bertz CT molecular complexity index is 669. The fraction of sp³-hybridized carbons (Fsp3) is 0.579. The Balaban J connectivity index is 1.63. The summed E-state index contributed by atoms with van der Waals surface area (Å²) in [6, 6.07) is 5.22. The van der Waals surface area contributed by atoms with Crippen LogP contribution in [0.1, 0.15) is 49.7 Å². The van der Waals surface area contributed by atoms with Crippen molar-refractivity contribution in [2.24, 2.45) is 5.92 Å². The lowest BCUT2D eigenvalue weighted by atomic mass is 9.95. The van der Waals surface area contributed by atoms with E-state index in [4.69, 9.17) is 0 Å². The molecule has 1 aliphatic heterocycles. The molecular formula is C19H23F3N2O2. The van der Waals surface area contributed by atoms with E-state index in [2.05, 4.69) is 5.32 Å². The maximum absolute atomic E-state index is 12.9. The van der Waals surface area contributed by atoms with Gasteiger partial charge in [0.15, 0.2) is 0 Å². The number of benzene rings is 1. The third-order valence-corrected chi connectivity index (χ3v) is 5.20. The number of halogens is 3. The minimum Gasteiger partial charge on any atom is -0.353 e. The molecule has 1 saturated heterocycles. The van der Waals surface area contributed by atoms with Crippen LogP contribution in [-0.4, -0.2) is 29.3 Å². The van der Waals surface area contributed by atoms with Crippen molar-refractivity contribution in [2.45, 2.75) is 57.3 Å². The second-order valence-corrected chi connectivity index (χ2v) is 7.20. The predicted octanol–water partition coefficient (Wildman–Crippen LogP) is 3.50. The van der Waals surface area contributed by atoms with Gasteiger partial charge in [-0.1, -0.05) is 25.0 Å². The largest absolute Gasteiger partial charge is 0.416 e. The van der Waals surface area contributed by atoms with Crippen molar-refractivity contribution in [3.05, 3.63) is 35.4 Å². The number of carbonyl (C=O) groups excluding carboxylic acids is 2. The van der Waals surface area contributed by atoms with Crippen LogP contribution in [0.4, 0.5) is 13.2 Å². The zero-order valence-electron chi connectivity index (χ0n) is 14.5. The van der Waals surface area contributed by atoms with E-state index in [0.29, 0.717) is 12.0 Å². The molecule has 0 radical (unpaired) electrons. The molecule has 1 aliphatic carbocycles. The number of carbonyl (C=O) groups is 2. The molecule has 1 heterocycles. The van der Waals surface area contributed by atoms with Crippen molar-refractivity contribution >= 4 is 11.8 Å². The van der Waals surface area contributed by atoms with Crippen LogP contribution in [0.25, 0.3) is 0 Å². The summed E-state index contributed by atoms with van der Waals surface area (Å²) in [6.07, 6.45) is 0.562. The highest BCUT2D eigenvalue weighted by molar-refractivity contribution is 5.84. The van der Waals surface area contributed by atoms with Gasteiger partial charge in [-0.15, -0.1) is 0 Å². The molecule has 1 saturated carbocycles. The van der Waals surface area contributed by atoms with E-state index < -0.39 is 11.7 Å². The summed E-state index contributed by atoms with van der Waals surface area (Å²) in [7, 11) is 0. The first-order chi connectivity index (χ1) is 12.3. The van der Waals surface area contributed by atoms with E-state index in [0.717, 1.165) is 37.8 Å². The number of nitrogens with zero attached hydrogens (tertiary/aromatic N) is 1. The molecule has 3 rings (SSSR count). The normalized spacial score (nSPS) is 21.9. The topological polar surface area (TPSA) is 49.4 Å². The summed E-state index contributed by atoms with van der Waals surface area (Å²) in [5, 5.41) is 3.05. The summed E-state index contributed by atoms with van der Waals surface area (Å²) >= 11 is 0. The molecule has 7 heteroatoms. The van der Waals surface area contributed by atoms with E-state index in [9.17, 15) is 22.8 Å². The van der Waals surface area contributed by atoms with Gasteiger partial charge in [0, 0.05) is 25.6 Å². The summed E-state index contributed by atoms with van der Waals surface area (Å²) in [5.41, 5.74) is -0.306. The molecule has 1 aromatic carbocycles. The number of rotatable bonds is 4. The Kier molecular flexibility index (Phi) is 5.53. The van der Waals surface area contributed by atoms with E-state index in [1.807, 2.05) is 0 Å². The highest BCUT2D eigenvalue weighted by atomic mass is 19.4. The van der Waals surface area contributed by atoms with Crippen LogP contribution in [-0.2, 0) is 22.3 Å². The fourth-order valence-corrected chi connectivity index (χ4v) is 3.74. The number of nitrogens with one attached hydrogen (secondary N) is 1. The van der Waals surface area contributed by atoms with Crippen molar-refractivity contribution in [1.82, 2.24) is 10.2 Å². The number of hydrogen-bond donors (Lipinski definition) is 1. The van der Waals surface area contributed by atoms with Gasteiger partial charge >= 0.3 is 6.18 Å². The third kappa shape index (κ3) is 4.56. The Labute approximate surface area is 150 Å². The van der Waals surface area contributed by atoms with Crippen LogP contribution in [0.15, 0.2) is 24.3 Å². The Morgan fingerprint density at radius 2 is 1.92 bits per heavy atom. The van der Waals surface area contributed by atoms with Crippen LogP contribution in [0, 0.1) is 5.92 Å². The molecule has 0 spiro atoms. The average Bonchev–Trinajstić information content (AvgIpc) is 3.09. The minimum atomic E-state index is -4.41. The molecule has 0 aromatic heterocycles. The van der Waals surface area contributed by atoms with Gasteiger partial charge in [-0.05, 0) is 37.0 Å². The summed E-state index contributed by atoms with van der Waals surface area (Å²) in [4.78, 5) is 26.1. The van der Waals surface area contributed by atoms with Crippen LogP contribution < -0.4 is 5.32 Å². The highest BCUT2D eigenvalue weighted by Gasteiger charge is 2.33. The maximum atomic E-state index is 12.9. The Morgan fingerprint density at radius 1 is 1.19 bits per heavy atom. The van der Waals surface area contributed by atoms with Crippen LogP contribution >= 0.6 is 0 Å². The summed E-state index contributed by atoms with van der Waals surface area (Å²) < 4.78 is 38.6. The molecule has 0 bridgehead atoms. The van der Waals surface area contributed by atoms with Gasteiger partial charge in [-0.2, -0.15) is 13.2 Å². The molecular weight excluding hydrogens is 345 g/mol. The lowest BCUT2D eigenvalue weighted by molar-refractivity contribution is -0.139. The molecule has 2 amide bonds. The number of hydrogen-bond acceptors (Lipinski definition) is 2. The molecule has 4 nitrogen and oxygen atoms in total. The first-order valence-electron chi connectivity index (χ1n) is 9.07. The van der Waals surface area contributed by atoms with Crippen LogP contribution in [0.5, 0.6) is 0 Å². The second-order valence-electron chi connectivity index (χ2n) is 7.20. The van der Waals surface area contributed by atoms with E-state index >= 15 is 0 Å². The molecule has 1 aromatic rings. The summed E-state index contributed by atoms with van der Waals surface area (Å²) in [5.74, 6) is -0.454. The van der Waals surface area contributed by atoms with Crippen LogP contribution in [0.3, 0.4) is 0 Å². The quantitative estimate of drug-likeness (QED) is 0.884. The Hall–Kier alpha value is -2.05. The number of likely N-dealkylation sites (tertiary alicyclic amines) is 1. The SMILES string of the molecule is O=C(NC1CCCC1)[C@@H]1CCC(=O)N(Cc2cccc(C(F)(F)F)c2)C1. The van der Waals surface area contributed by atoms with E-state index in [-0.39, 0.29) is 43.3 Å². The first kappa shape index (κ1) is 18.7. The minimum absolute atomic E-state index is 0.0431. The lowest BCUT2D eigenvalue weighted by Gasteiger charge is -2.32. The zero-order valence-corrected chi connectivity index (χ0v) is 14.5. The monoisotopic (exact) mass is 368 g/mol. The molecule has 1 atom stereocenters. The van der Waals surface area contributed by atoms with E-state index in [1.165, 1.54) is 11.0 Å². The number of alkyl halides is 3. The van der Waals surface area contributed by atoms with Gasteiger partial charge in [-0.3, -0.25) is 9.59 Å². The molecule has 142 valence electrons. The van der Waals surface area contributed by atoms with Crippen molar-refractivity contribution in [2.75, 3.05) is 6.54 Å². The standard InChI is InChI=1S/C19H23F3N2O2/c20-19(21,22)15-5-3-4-13(10-15)11-24-12-14(8-9-17(24)25)18(26)23-16-6-1-2-7-16/h3-5,10,14,16H,1-2,6-9,11-12H2,(H,23,26)/t14-/m1/s1. The van der Waals surface area contributed by atoms with Gasteiger partial charge in [0.1, 0.15) is 0 Å². The van der Waals surface area contributed by atoms with Crippen LogP contribution in [0.2, 0.25) is 0 Å². The van der Waals surface area contributed by atoms with Crippen molar-refractivity contribution in [1.29, 1.82) is 0 Å². The average molecular weight is 368 g/mol. The molecule has 1 N–H and O–H groups in total. The van der Waals surface area contributed by atoms with Crippen molar-refractivity contribution in [3.63, 3.8) is 0 Å². The molecule has 26 heavy (non-hydrogen) atoms. The van der Waals surface area contributed by atoms with E-state index in [1.54, 1.807) is 6.07 Å². The van der Waals surface area contributed by atoms with Gasteiger partial charge < -0.3 is 10.2 Å². The maximum Gasteiger partial charge on any atom is 0.416 e. The van der Waals surface area contributed by atoms with Gasteiger partial charge in [0.2, 0.25) is 11.8 Å². The molecule has 2 fully saturated rings. The van der Waals surface area contributed by atoms with Crippen molar-refractivity contribution < 1.29 is 22.8 Å². The third-order valence-electron chi connectivity index (χ3n) is 5.20. The van der Waals surface area contributed by atoms with Gasteiger partial charge in [0.05, 0.1) is 11.5 Å². The van der Waals surface area contributed by atoms with Gasteiger partial charge in [0.25, 0.3) is 0 Å². The fourth-order valence-electron chi connectivity index (χ4n) is 3.74. The number of piperidine rings is 1. The number of amides is 2. The highest BCUT2D eigenvalue weighted by Crippen LogP contribution is 2.30. The lowest BCUT2D eigenvalue weighted by Crippen LogP contribution is -2.47. The molecule has 2 aliphatic rings. The smallest absolute Gasteiger partial charge is 0.353 e. The van der Waals surface area contributed by atoms with Gasteiger partial charge in [-0.25, -0.2) is 0 Å². The Morgan fingerprint density at radius 3 is 2.62 bits per heavy atom.